The van der Waals surface area contributed by atoms with Crippen LogP contribution in [0.15, 0.2) is 85.5 Å². The zero-order valence-corrected chi connectivity index (χ0v) is 19.5. The molecule has 3 aromatic rings. The molecule has 0 spiro atoms. The Bertz CT molecular complexity index is 935. The zero-order valence-electron chi connectivity index (χ0n) is 17.7. The van der Waals surface area contributed by atoms with Gasteiger partial charge in [-0.2, -0.15) is 0 Å². The summed E-state index contributed by atoms with van der Waals surface area (Å²) in [6, 6.07) is 25.3. The van der Waals surface area contributed by atoms with Crippen LogP contribution >= 0.6 is 11.1 Å². The summed E-state index contributed by atoms with van der Waals surface area (Å²) < 4.78 is 6.32. The van der Waals surface area contributed by atoms with Gasteiger partial charge in [0.15, 0.2) is 0 Å². The SMILES string of the molecule is C=CCOc1c(C(C)(C)C)cc(C)cc1[Si](Cl)(c1ccccc1)c1ccccc1. The standard InChI is InChI=1S/C26H29ClOSi/c1-6-17-28-25-23(26(3,4)5)18-20(2)19-24(25)29(27,21-13-9-7-10-14-21)22-15-11-8-12-16-22/h6-16,18-19H,1,17H2,2-5H3. The van der Waals surface area contributed by atoms with Gasteiger partial charge in [-0.1, -0.05) is 112 Å². The first-order chi connectivity index (χ1) is 13.8. The number of hydrogen-bond acceptors (Lipinski definition) is 1. The fourth-order valence-corrected chi connectivity index (χ4v) is 8.08. The highest BCUT2D eigenvalue weighted by molar-refractivity contribution is 7.40. The normalized spacial score (nSPS) is 11.9. The van der Waals surface area contributed by atoms with E-state index in [0.717, 1.165) is 21.3 Å². The smallest absolute Gasteiger partial charge is 0.251 e. The van der Waals surface area contributed by atoms with E-state index >= 15 is 0 Å². The molecule has 0 unspecified atom stereocenters. The molecule has 0 fully saturated rings. The van der Waals surface area contributed by atoms with Crippen LogP contribution in [0.4, 0.5) is 0 Å². The Hall–Kier alpha value is -2.29. The van der Waals surface area contributed by atoms with Gasteiger partial charge in [0.1, 0.15) is 12.4 Å². The summed E-state index contributed by atoms with van der Waals surface area (Å²) in [6.07, 6.45) is 1.79. The van der Waals surface area contributed by atoms with Crippen molar-refractivity contribution < 1.29 is 4.74 Å². The van der Waals surface area contributed by atoms with Gasteiger partial charge in [-0.25, -0.2) is 0 Å². The van der Waals surface area contributed by atoms with Crippen molar-refractivity contribution >= 4 is 34.0 Å². The second kappa shape index (κ2) is 8.60. The van der Waals surface area contributed by atoms with E-state index in [-0.39, 0.29) is 5.41 Å². The molecule has 0 bridgehead atoms. The lowest BCUT2D eigenvalue weighted by Crippen LogP contribution is -2.63. The van der Waals surface area contributed by atoms with Crippen molar-refractivity contribution in [2.45, 2.75) is 33.1 Å². The number of hydrogen-bond donors (Lipinski definition) is 0. The lowest BCUT2D eigenvalue weighted by Gasteiger charge is -2.32. The molecular formula is C26H29ClOSi. The van der Waals surface area contributed by atoms with Crippen LogP contribution in [-0.4, -0.2) is 14.0 Å². The summed E-state index contributed by atoms with van der Waals surface area (Å²) in [4.78, 5) is 0. The third-order valence-electron chi connectivity index (χ3n) is 5.10. The number of halogens is 1. The lowest BCUT2D eigenvalue weighted by atomic mass is 9.85. The highest BCUT2D eigenvalue weighted by atomic mass is 35.6. The molecule has 0 aliphatic carbocycles. The van der Waals surface area contributed by atoms with E-state index in [2.05, 4.69) is 94.9 Å². The molecule has 3 rings (SSSR count). The Morgan fingerprint density at radius 3 is 1.90 bits per heavy atom. The predicted molar refractivity (Wildman–Crippen MR) is 129 cm³/mol. The van der Waals surface area contributed by atoms with Crippen molar-refractivity contribution in [3.63, 3.8) is 0 Å². The Labute approximate surface area is 180 Å². The van der Waals surface area contributed by atoms with Crippen LogP contribution < -0.4 is 20.3 Å². The van der Waals surface area contributed by atoms with Gasteiger partial charge in [0.25, 0.3) is 7.38 Å². The van der Waals surface area contributed by atoms with E-state index < -0.39 is 7.38 Å². The Morgan fingerprint density at radius 2 is 1.45 bits per heavy atom. The van der Waals surface area contributed by atoms with Crippen molar-refractivity contribution in [2.75, 3.05) is 6.61 Å². The number of ether oxygens (including phenoxy) is 1. The molecule has 0 radical (unpaired) electrons. The summed E-state index contributed by atoms with van der Waals surface area (Å²) in [5, 5.41) is 3.41. The molecule has 0 aromatic heterocycles. The number of aryl methyl sites for hydroxylation is 1. The summed E-state index contributed by atoms with van der Waals surface area (Å²) >= 11 is 7.73. The molecule has 0 saturated heterocycles. The van der Waals surface area contributed by atoms with Crippen LogP contribution in [0.25, 0.3) is 0 Å². The largest absolute Gasteiger partial charge is 0.489 e. The van der Waals surface area contributed by atoms with Gasteiger partial charge in [-0.15, -0.1) is 11.1 Å². The maximum Gasteiger partial charge on any atom is 0.251 e. The second-order valence-electron chi connectivity index (χ2n) is 8.43. The first-order valence-corrected chi connectivity index (χ1v) is 13.0. The van der Waals surface area contributed by atoms with Crippen LogP contribution in [0.1, 0.15) is 31.9 Å². The van der Waals surface area contributed by atoms with E-state index in [1.807, 2.05) is 12.1 Å². The zero-order chi connectivity index (χ0) is 21.1. The first-order valence-electron chi connectivity index (χ1n) is 9.97. The number of rotatable bonds is 6. The fourth-order valence-electron chi connectivity index (χ4n) is 3.70. The van der Waals surface area contributed by atoms with Crippen LogP contribution in [-0.2, 0) is 5.41 Å². The Kier molecular flexibility index (Phi) is 6.35. The maximum atomic E-state index is 7.73. The van der Waals surface area contributed by atoms with E-state index in [9.17, 15) is 0 Å². The van der Waals surface area contributed by atoms with Crippen molar-refractivity contribution in [2.24, 2.45) is 0 Å². The molecule has 0 amide bonds. The van der Waals surface area contributed by atoms with Crippen molar-refractivity contribution in [1.29, 1.82) is 0 Å². The summed E-state index contributed by atoms with van der Waals surface area (Å²) in [5.41, 5.74) is 2.30. The van der Waals surface area contributed by atoms with Gasteiger partial charge >= 0.3 is 0 Å². The molecule has 0 saturated carbocycles. The van der Waals surface area contributed by atoms with Gasteiger partial charge in [0.2, 0.25) is 0 Å². The average Bonchev–Trinajstić information content (AvgIpc) is 2.72. The van der Waals surface area contributed by atoms with Crippen molar-refractivity contribution in [3.05, 3.63) is 96.6 Å². The minimum atomic E-state index is -2.80. The molecule has 3 heteroatoms. The minimum absolute atomic E-state index is 0.0726. The van der Waals surface area contributed by atoms with E-state index in [0.29, 0.717) is 6.61 Å². The van der Waals surface area contributed by atoms with Gasteiger partial charge in [-0.05, 0) is 28.3 Å². The summed E-state index contributed by atoms with van der Waals surface area (Å²) in [5.74, 6) is 0.900. The van der Waals surface area contributed by atoms with Crippen molar-refractivity contribution in [3.8, 4) is 5.75 Å². The molecule has 1 nitrogen and oxygen atoms in total. The van der Waals surface area contributed by atoms with Gasteiger partial charge in [0.05, 0.1) is 0 Å². The number of benzene rings is 3. The molecule has 0 atom stereocenters. The van der Waals surface area contributed by atoms with E-state index in [4.69, 9.17) is 15.8 Å². The van der Waals surface area contributed by atoms with Crippen molar-refractivity contribution in [1.82, 2.24) is 0 Å². The predicted octanol–water partition coefficient (Wildman–Crippen LogP) is 5.06. The molecule has 0 heterocycles. The van der Waals surface area contributed by atoms with Gasteiger partial charge < -0.3 is 4.74 Å². The van der Waals surface area contributed by atoms with Crippen LogP contribution in [0.3, 0.4) is 0 Å². The molecule has 29 heavy (non-hydrogen) atoms. The molecule has 0 aliphatic heterocycles. The van der Waals surface area contributed by atoms with Gasteiger partial charge in [0, 0.05) is 5.19 Å². The monoisotopic (exact) mass is 420 g/mol. The topological polar surface area (TPSA) is 9.23 Å². The molecular weight excluding hydrogens is 392 g/mol. The summed E-state index contributed by atoms with van der Waals surface area (Å²) in [7, 11) is -2.80. The van der Waals surface area contributed by atoms with Crippen LogP contribution in [0, 0.1) is 6.92 Å². The molecule has 3 aromatic carbocycles. The van der Waals surface area contributed by atoms with Crippen LogP contribution in [0.2, 0.25) is 0 Å². The summed E-state index contributed by atoms with van der Waals surface area (Å²) in [6.45, 7) is 13.1. The Morgan fingerprint density at radius 1 is 0.931 bits per heavy atom. The molecule has 150 valence electrons. The van der Waals surface area contributed by atoms with Gasteiger partial charge in [-0.3, -0.25) is 0 Å². The molecule has 0 N–H and O–H groups in total. The minimum Gasteiger partial charge on any atom is -0.489 e. The highest BCUT2D eigenvalue weighted by Crippen LogP contribution is 2.33. The third-order valence-corrected chi connectivity index (χ3v) is 10.4. The average molecular weight is 421 g/mol. The second-order valence-corrected chi connectivity index (χ2v) is 13.1. The van der Waals surface area contributed by atoms with Crippen LogP contribution in [0.5, 0.6) is 5.75 Å². The fraction of sp³-hybridized carbons (Fsp3) is 0.231. The van der Waals surface area contributed by atoms with E-state index in [1.54, 1.807) is 6.08 Å². The Balaban J connectivity index is 2.40. The third kappa shape index (κ3) is 4.34. The maximum absolute atomic E-state index is 7.73. The highest BCUT2D eigenvalue weighted by Gasteiger charge is 2.42. The lowest BCUT2D eigenvalue weighted by molar-refractivity contribution is 0.354. The molecule has 0 aliphatic rings. The quantitative estimate of drug-likeness (QED) is 0.234. The first kappa shape index (κ1) is 21.4. The van der Waals surface area contributed by atoms with E-state index in [1.165, 1.54) is 11.1 Å².